The maximum Gasteiger partial charge on any atom is 0.317 e. The number of nitrogens with zero attached hydrogens (tertiary/aromatic N) is 1. The summed E-state index contributed by atoms with van der Waals surface area (Å²) >= 11 is 0. The first kappa shape index (κ1) is 18.3. The fourth-order valence-corrected chi connectivity index (χ4v) is 3.27. The summed E-state index contributed by atoms with van der Waals surface area (Å²) in [6.07, 6.45) is 0. The number of hydrogen-bond acceptors (Lipinski definition) is 4. The molecule has 1 aliphatic heterocycles. The number of aliphatic carboxylic acids is 1. The lowest BCUT2D eigenvalue weighted by atomic mass is 9.91. The molecular weight excluding hydrogens is 308 g/mol. The first-order chi connectivity index (χ1) is 11.3. The molecule has 1 heterocycles. The van der Waals surface area contributed by atoms with Crippen LogP contribution in [0.15, 0.2) is 18.2 Å². The lowest BCUT2D eigenvalue weighted by Crippen LogP contribution is -2.42. The lowest BCUT2D eigenvalue weighted by molar-refractivity contribution is -0.138. The molecule has 1 amide bonds. The van der Waals surface area contributed by atoms with Crippen LogP contribution >= 0.6 is 0 Å². The molecule has 2 atom stereocenters. The Balaban J connectivity index is 2.10. The van der Waals surface area contributed by atoms with Crippen LogP contribution in [-0.2, 0) is 4.79 Å². The zero-order chi connectivity index (χ0) is 17.9. The molecule has 0 aliphatic carbocycles. The predicted molar refractivity (Wildman–Crippen MR) is 91.4 cm³/mol. The van der Waals surface area contributed by atoms with Crippen LogP contribution in [0.2, 0.25) is 0 Å². The van der Waals surface area contributed by atoms with Crippen molar-refractivity contribution >= 4 is 11.9 Å². The summed E-state index contributed by atoms with van der Waals surface area (Å²) in [4.78, 5) is 25.4. The standard InChI is InChI=1S/C18H26N2O4/c1-11(2)14-8-20(10-17(21)22)9-15(14)19-18(23)13-6-5-12(3)16(7-13)24-4/h5-7,11,14-15H,8-10H2,1-4H3,(H,19,23)(H,21,22)/t14-,15+/m1/s1. The number of aryl methyl sites for hydroxylation is 1. The van der Waals surface area contributed by atoms with Gasteiger partial charge in [-0.2, -0.15) is 0 Å². The Bertz CT molecular complexity index is 615. The number of carboxylic acid groups (broad SMARTS) is 1. The summed E-state index contributed by atoms with van der Waals surface area (Å²) < 4.78 is 5.27. The minimum Gasteiger partial charge on any atom is -0.496 e. The van der Waals surface area contributed by atoms with Crippen molar-refractivity contribution in [3.8, 4) is 5.75 Å². The van der Waals surface area contributed by atoms with E-state index in [1.165, 1.54) is 0 Å². The van der Waals surface area contributed by atoms with Gasteiger partial charge in [0.05, 0.1) is 13.7 Å². The predicted octanol–water partition coefficient (Wildman–Crippen LogP) is 1.77. The van der Waals surface area contributed by atoms with Crippen LogP contribution in [0.5, 0.6) is 5.75 Å². The highest BCUT2D eigenvalue weighted by molar-refractivity contribution is 5.95. The highest BCUT2D eigenvalue weighted by Crippen LogP contribution is 2.25. The largest absolute Gasteiger partial charge is 0.496 e. The Morgan fingerprint density at radius 2 is 2.08 bits per heavy atom. The Kier molecular flexibility index (Phi) is 5.83. The van der Waals surface area contributed by atoms with Crippen molar-refractivity contribution in [3.63, 3.8) is 0 Å². The smallest absolute Gasteiger partial charge is 0.317 e. The molecule has 1 saturated heterocycles. The van der Waals surface area contributed by atoms with Crippen LogP contribution in [0.4, 0.5) is 0 Å². The molecule has 0 radical (unpaired) electrons. The molecule has 2 N–H and O–H groups in total. The Labute approximate surface area is 142 Å². The van der Waals surface area contributed by atoms with Crippen molar-refractivity contribution in [2.45, 2.75) is 26.8 Å². The highest BCUT2D eigenvalue weighted by atomic mass is 16.5. The fraction of sp³-hybridized carbons (Fsp3) is 0.556. The van der Waals surface area contributed by atoms with Crippen LogP contribution < -0.4 is 10.1 Å². The molecule has 24 heavy (non-hydrogen) atoms. The highest BCUT2D eigenvalue weighted by Gasteiger charge is 2.36. The van der Waals surface area contributed by atoms with E-state index in [0.717, 1.165) is 5.56 Å². The third-order valence-corrected chi connectivity index (χ3v) is 4.64. The Hall–Kier alpha value is -2.08. The normalized spacial score (nSPS) is 21.0. The zero-order valence-electron chi connectivity index (χ0n) is 14.7. The Morgan fingerprint density at radius 3 is 2.67 bits per heavy atom. The van der Waals surface area contributed by atoms with Crippen molar-refractivity contribution in [2.24, 2.45) is 11.8 Å². The van der Waals surface area contributed by atoms with E-state index in [4.69, 9.17) is 9.84 Å². The summed E-state index contributed by atoms with van der Waals surface area (Å²) in [5.74, 6) is 0.290. The van der Waals surface area contributed by atoms with E-state index < -0.39 is 5.97 Å². The number of likely N-dealkylation sites (tertiary alicyclic amines) is 1. The van der Waals surface area contributed by atoms with Gasteiger partial charge in [0, 0.05) is 24.7 Å². The van der Waals surface area contributed by atoms with Gasteiger partial charge < -0.3 is 15.2 Å². The van der Waals surface area contributed by atoms with Gasteiger partial charge in [0.1, 0.15) is 5.75 Å². The number of benzene rings is 1. The molecule has 0 saturated carbocycles. The summed E-state index contributed by atoms with van der Waals surface area (Å²) in [6, 6.07) is 5.32. The van der Waals surface area contributed by atoms with Gasteiger partial charge in [0.2, 0.25) is 0 Å². The van der Waals surface area contributed by atoms with Crippen LogP contribution in [-0.4, -0.2) is 54.7 Å². The van der Waals surface area contributed by atoms with E-state index >= 15 is 0 Å². The molecule has 0 spiro atoms. The summed E-state index contributed by atoms with van der Waals surface area (Å²) in [5, 5.41) is 12.1. The third kappa shape index (κ3) is 4.26. The van der Waals surface area contributed by atoms with Crippen LogP contribution in [0, 0.1) is 18.8 Å². The SMILES string of the molecule is COc1cc(C(=O)N[C@H]2CN(CC(=O)O)C[C@@H]2C(C)C)ccc1C. The molecule has 0 bridgehead atoms. The van der Waals surface area contributed by atoms with Crippen molar-refractivity contribution in [1.29, 1.82) is 0 Å². The first-order valence-corrected chi connectivity index (χ1v) is 8.21. The average Bonchev–Trinajstić information content (AvgIpc) is 2.89. The van der Waals surface area contributed by atoms with Gasteiger partial charge in [0.25, 0.3) is 5.91 Å². The van der Waals surface area contributed by atoms with E-state index in [0.29, 0.717) is 30.3 Å². The molecule has 6 heteroatoms. The quantitative estimate of drug-likeness (QED) is 0.829. The van der Waals surface area contributed by atoms with E-state index in [1.807, 2.05) is 17.9 Å². The average molecular weight is 334 g/mol. The molecule has 1 aromatic rings. The molecule has 6 nitrogen and oxygen atoms in total. The second kappa shape index (κ2) is 7.66. The minimum atomic E-state index is -0.840. The number of rotatable bonds is 6. The number of carbonyl (C=O) groups excluding carboxylic acids is 1. The maximum atomic E-state index is 12.6. The monoisotopic (exact) mass is 334 g/mol. The van der Waals surface area contributed by atoms with Gasteiger partial charge in [-0.05, 0) is 36.5 Å². The second-order valence-electron chi connectivity index (χ2n) is 6.76. The number of methoxy groups -OCH3 is 1. The maximum absolute atomic E-state index is 12.6. The van der Waals surface area contributed by atoms with Gasteiger partial charge in [-0.15, -0.1) is 0 Å². The summed E-state index contributed by atoms with van der Waals surface area (Å²) in [6.45, 7) is 7.38. The number of nitrogens with one attached hydrogen (secondary N) is 1. The molecule has 1 aliphatic rings. The molecule has 132 valence electrons. The van der Waals surface area contributed by atoms with Crippen LogP contribution in [0.3, 0.4) is 0 Å². The van der Waals surface area contributed by atoms with Gasteiger partial charge in [-0.25, -0.2) is 0 Å². The van der Waals surface area contributed by atoms with Gasteiger partial charge >= 0.3 is 5.97 Å². The van der Waals surface area contributed by atoms with Gasteiger partial charge in [-0.1, -0.05) is 19.9 Å². The second-order valence-corrected chi connectivity index (χ2v) is 6.76. The van der Waals surface area contributed by atoms with E-state index in [1.54, 1.807) is 19.2 Å². The van der Waals surface area contributed by atoms with Crippen molar-refractivity contribution in [2.75, 3.05) is 26.7 Å². The molecule has 1 fully saturated rings. The number of carbonyl (C=O) groups is 2. The molecule has 0 unspecified atom stereocenters. The lowest BCUT2D eigenvalue weighted by Gasteiger charge is -2.23. The molecular formula is C18H26N2O4. The zero-order valence-corrected chi connectivity index (χ0v) is 14.7. The topological polar surface area (TPSA) is 78.9 Å². The molecule has 1 aromatic carbocycles. The number of hydrogen-bond donors (Lipinski definition) is 2. The van der Waals surface area contributed by atoms with Crippen molar-refractivity contribution < 1.29 is 19.4 Å². The van der Waals surface area contributed by atoms with Crippen LogP contribution in [0.1, 0.15) is 29.8 Å². The molecule has 0 aromatic heterocycles. The Morgan fingerprint density at radius 1 is 1.38 bits per heavy atom. The number of carboxylic acids is 1. The number of ether oxygens (including phenoxy) is 1. The fourth-order valence-electron chi connectivity index (χ4n) is 3.27. The first-order valence-electron chi connectivity index (χ1n) is 8.21. The minimum absolute atomic E-state index is 0.00788. The molecule has 2 rings (SSSR count). The van der Waals surface area contributed by atoms with Gasteiger partial charge in [-0.3, -0.25) is 14.5 Å². The third-order valence-electron chi connectivity index (χ3n) is 4.64. The van der Waals surface area contributed by atoms with Crippen molar-refractivity contribution in [3.05, 3.63) is 29.3 Å². The summed E-state index contributed by atoms with van der Waals surface area (Å²) in [5.41, 5.74) is 1.53. The van der Waals surface area contributed by atoms with E-state index in [2.05, 4.69) is 19.2 Å². The summed E-state index contributed by atoms with van der Waals surface area (Å²) in [7, 11) is 1.58. The van der Waals surface area contributed by atoms with Crippen LogP contribution in [0.25, 0.3) is 0 Å². The van der Waals surface area contributed by atoms with Gasteiger partial charge in [0.15, 0.2) is 0 Å². The van der Waals surface area contributed by atoms with Crippen molar-refractivity contribution in [1.82, 2.24) is 10.2 Å². The van der Waals surface area contributed by atoms with E-state index in [9.17, 15) is 9.59 Å². The van der Waals surface area contributed by atoms with E-state index in [-0.39, 0.29) is 24.4 Å². The number of amides is 1.